The van der Waals surface area contributed by atoms with Crippen LogP contribution in [0.3, 0.4) is 0 Å². The molecule has 0 spiro atoms. The van der Waals surface area contributed by atoms with E-state index in [0.29, 0.717) is 23.3 Å². The van der Waals surface area contributed by atoms with Gasteiger partial charge in [0.2, 0.25) is 5.95 Å². The van der Waals surface area contributed by atoms with Gasteiger partial charge in [0.15, 0.2) is 5.82 Å². The Morgan fingerprint density at radius 3 is 2.83 bits per heavy atom. The second-order valence-electron chi connectivity index (χ2n) is 8.55. The van der Waals surface area contributed by atoms with Gasteiger partial charge >= 0.3 is 6.03 Å². The monoisotopic (exact) mass is 493 g/mol. The molecule has 6 bridgehead atoms. The third kappa shape index (κ3) is 6.19. The van der Waals surface area contributed by atoms with E-state index in [2.05, 4.69) is 48.3 Å². The third-order valence-corrected chi connectivity index (χ3v) is 6.32. The third-order valence-electron chi connectivity index (χ3n) is 6.04. The van der Waals surface area contributed by atoms with Gasteiger partial charge in [-0.1, -0.05) is 23.7 Å². The molecule has 2 amide bonds. The molecule has 1 saturated heterocycles. The summed E-state index contributed by atoms with van der Waals surface area (Å²) in [5.74, 6) is 0.965. The van der Waals surface area contributed by atoms with Crippen molar-refractivity contribution in [2.24, 2.45) is 0 Å². The van der Waals surface area contributed by atoms with Gasteiger partial charge < -0.3 is 26.0 Å². The highest BCUT2D eigenvalue weighted by molar-refractivity contribution is 6.32. The summed E-state index contributed by atoms with van der Waals surface area (Å²) in [6, 6.07) is 13.8. The average molecular weight is 494 g/mol. The smallest absolute Gasteiger partial charge is 0.319 e. The quantitative estimate of drug-likeness (QED) is 0.432. The van der Waals surface area contributed by atoms with Crippen LogP contribution < -0.4 is 21.3 Å². The maximum atomic E-state index is 12.6. The number of nitrogens with zero attached hydrogens (tertiary/aromatic N) is 3. The molecule has 182 valence electrons. The Balaban J connectivity index is 1.34. The molecule has 2 aromatic carbocycles. The van der Waals surface area contributed by atoms with Crippen LogP contribution in [0, 0.1) is 0 Å². The van der Waals surface area contributed by atoms with Crippen molar-refractivity contribution in [2.75, 3.05) is 55.3 Å². The van der Waals surface area contributed by atoms with Crippen molar-refractivity contribution in [3.8, 4) is 0 Å². The highest BCUT2D eigenvalue weighted by Gasteiger charge is 2.14. The lowest BCUT2D eigenvalue weighted by atomic mass is 10.0. The van der Waals surface area contributed by atoms with Gasteiger partial charge in [0, 0.05) is 43.2 Å². The molecule has 3 heterocycles. The maximum absolute atomic E-state index is 12.6. The summed E-state index contributed by atoms with van der Waals surface area (Å²) in [5, 5.41) is 12.9. The molecule has 2 aliphatic heterocycles. The van der Waals surface area contributed by atoms with Crippen LogP contribution >= 0.6 is 11.6 Å². The molecular formula is C25H28ClN7O2. The Kier molecular flexibility index (Phi) is 7.27. The minimum atomic E-state index is -0.215. The van der Waals surface area contributed by atoms with Crippen molar-refractivity contribution >= 4 is 46.5 Å². The molecule has 0 radical (unpaired) electrons. The van der Waals surface area contributed by atoms with E-state index in [1.54, 1.807) is 6.20 Å². The van der Waals surface area contributed by atoms with Gasteiger partial charge in [-0.05, 0) is 54.3 Å². The van der Waals surface area contributed by atoms with Crippen molar-refractivity contribution < 1.29 is 9.53 Å². The molecule has 1 fully saturated rings. The largest absolute Gasteiger partial charge is 0.379 e. The van der Waals surface area contributed by atoms with Crippen LogP contribution in [0.15, 0.2) is 48.7 Å². The SMILES string of the molecule is O=C(NCCN1CCOCC1)Nc1ccc2cc1CCc1cccc(c1)Nc1ncc(Cl)c(n1)N2. The van der Waals surface area contributed by atoms with E-state index in [1.807, 2.05) is 30.3 Å². The van der Waals surface area contributed by atoms with Crippen LogP contribution in [-0.4, -0.2) is 60.3 Å². The molecule has 1 aromatic heterocycles. The molecule has 0 saturated carbocycles. The van der Waals surface area contributed by atoms with Crippen LogP contribution in [0.1, 0.15) is 11.1 Å². The second-order valence-corrected chi connectivity index (χ2v) is 8.95. The number of anilines is 5. The summed E-state index contributed by atoms with van der Waals surface area (Å²) in [5.41, 5.74) is 4.69. The lowest BCUT2D eigenvalue weighted by molar-refractivity contribution is 0.0388. The number of halogens is 1. The minimum Gasteiger partial charge on any atom is -0.379 e. The van der Waals surface area contributed by atoms with Crippen molar-refractivity contribution in [3.05, 3.63) is 64.8 Å². The minimum absolute atomic E-state index is 0.215. The first-order chi connectivity index (χ1) is 17.1. The summed E-state index contributed by atoms with van der Waals surface area (Å²) < 4.78 is 5.37. The highest BCUT2D eigenvalue weighted by atomic mass is 35.5. The number of hydrogen-bond donors (Lipinski definition) is 4. The van der Waals surface area contributed by atoms with Crippen molar-refractivity contribution in [1.29, 1.82) is 0 Å². The number of urea groups is 1. The first-order valence-electron chi connectivity index (χ1n) is 11.8. The number of ether oxygens (including phenoxy) is 1. The molecular weight excluding hydrogens is 466 g/mol. The zero-order valence-corrected chi connectivity index (χ0v) is 20.1. The van der Waals surface area contributed by atoms with Crippen LogP contribution in [0.5, 0.6) is 0 Å². The van der Waals surface area contributed by atoms with E-state index < -0.39 is 0 Å². The Morgan fingerprint density at radius 1 is 1.09 bits per heavy atom. The molecule has 0 atom stereocenters. The van der Waals surface area contributed by atoms with Gasteiger partial charge in [-0.25, -0.2) is 9.78 Å². The van der Waals surface area contributed by atoms with Gasteiger partial charge in [0.1, 0.15) is 5.02 Å². The van der Waals surface area contributed by atoms with E-state index in [1.165, 1.54) is 5.56 Å². The lowest BCUT2D eigenvalue weighted by Gasteiger charge is -2.26. The van der Waals surface area contributed by atoms with Crippen LogP contribution in [0.25, 0.3) is 0 Å². The first kappa shape index (κ1) is 23.3. The summed E-state index contributed by atoms with van der Waals surface area (Å²) in [6.45, 7) is 4.67. The second kappa shape index (κ2) is 10.9. The summed E-state index contributed by atoms with van der Waals surface area (Å²) in [7, 11) is 0. The van der Waals surface area contributed by atoms with E-state index in [4.69, 9.17) is 16.3 Å². The molecule has 3 aromatic rings. The number of aryl methyl sites for hydroxylation is 2. The Labute approximate surface area is 209 Å². The number of nitrogens with one attached hydrogen (secondary N) is 4. The van der Waals surface area contributed by atoms with E-state index in [9.17, 15) is 4.79 Å². The van der Waals surface area contributed by atoms with Crippen LogP contribution in [0.4, 0.5) is 33.6 Å². The fourth-order valence-electron chi connectivity index (χ4n) is 4.18. The number of rotatable bonds is 4. The Morgan fingerprint density at radius 2 is 1.94 bits per heavy atom. The summed E-state index contributed by atoms with van der Waals surface area (Å²) >= 11 is 6.35. The fraction of sp³-hybridized carbons (Fsp3) is 0.320. The number of fused-ring (bicyclic) bond motifs is 6. The highest BCUT2D eigenvalue weighted by Crippen LogP contribution is 2.29. The number of aromatic nitrogens is 2. The van der Waals surface area contributed by atoms with Gasteiger partial charge in [-0.2, -0.15) is 4.98 Å². The molecule has 2 aliphatic rings. The molecule has 10 heteroatoms. The van der Waals surface area contributed by atoms with Crippen molar-refractivity contribution in [3.63, 3.8) is 0 Å². The molecule has 4 N–H and O–H groups in total. The predicted octanol–water partition coefficient (Wildman–Crippen LogP) is 4.17. The van der Waals surface area contributed by atoms with Crippen molar-refractivity contribution in [2.45, 2.75) is 12.8 Å². The molecule has 0 unspecified atom stereocenters. The number of hydrogen-bond acceptors (Lipinski definition) is 7. The Hall–Kier alpha value is -3.40. The number of benzene rings is 2. The maximum Gasteiger partial charge on any atom is 0.319 e. The molecule has 5 rings (SSSR count). The van der Waals surface area contributed by atoms with Crippen LogP contribution in [0.2, 0.25) is 5.02 Å². The fourth-order valence-corrected chi connectivity index (χ4v) is 4.32. The Bertz CT molecular complexity index is 1200. The zero-order chi connectivity index (χ0) is 24.0. The zero-order valence-electron chi connectivity index (χ0n) is 19.3. The molecule has 9 nitrogen and oxygen atoms in total. The molecule has 0 aliphatic carbocycles. The normalized spacial score (nSPS) is 15.5. The van der Waals surface area contributed by atoms with E-state index >= 15 is 0 Å². The van der Waals surface area contributed by atoms with Gasteiger partial charge in [-0.15, -0.1) is 0 Å². The van der Waals surface area contributed by atoms with Crippen LogP contribution in [-0.2, 0) is 17.6 Å². The summed E-state index contributed by atoms with van der Waals surface area (Å²) in [4.78, 5) is 23.7. The standard InChI is InChI=1S/C25H28ClN7O2/c26-21-16-28-24-30-19-3-1-2-17(14-19)4-5-18-15-20(29-23(21)32-24)6-7-22(18)31-25(34)27-8-9-33-10-12-35-13-11-33/h1-3,6-7,14-16H,4-5,8-13H2,(H2,27,31,34)(H2,28,29,30,32). The lowest BCUT2D eigenvalue weighted by Crippen LogP contribution is -2.42. The first-order valence-corrected chi connectivity index (χ1v) is 12.1. The number of amides is 2. The van der Waals surface area contributed by atoms with Gasteiger partial charge in [-0.3, -0.25) is 4.90 Å². The topological polar surface area (TPSA) is 103 Å². The summed E-state index contributed by atoms with van der Waals surface area (Å²) in [6.07, 6.45) is 3.13. The predicted molar refractivity (Wildman–Crippen MR) is 138 cm³/mol. The van der Waals surface area contributed by atoms with E-state index in [0.717, 1.165) is 68.3 Å². The van der Waals surface area contributed by atoms with Crippen molar-refractivity contribution in [1.82, 2.24) is 20.2 Å². The number of morpholine rings is 1. The number of carbonyl (C=O) groups is 1. The van der Waals surface area contributed by atoms with Gasteiger partial charge in [0.25, 0.3) is 0 Å². The van der Waals surface area contributed by atoms with E-state index in [-0.39, 0.29) is 6.03 Å². The number of carbonyl (C=O) groups excluding carboxylic acids is 1. The molecule has 35 heavy (non-hydrogen) atoms. The van der Waals surface area contributed by atoms with Gasteiger partial charge in [0.05, 0.1) is 19.4 Å². The average Bonchev–Trinajstić information content (AvgIpc) is 2.87.